The molecule has 14 heavy (non-hydrogen) atoms. The summed E-state index contributed by atoms with van der Waals surface area (Å²) in [4.78, 5) is 16.3. The Morgan fingerprint density at radius 1 is 1.57 bits per heavy atom. The summed E-state index contributed by atoms with van der Waals surface area (Å²) in [5.41, 5.74) is 1.78. The molecule has 0 bridgehead atoms. The third kappa shape index (κ3) is 1.60. The van der Waals surface area contributed by atoms with Crippen molar-refractivity contribution in [1.29, 1.82) is 0 Å². The molecule has 0 aliphatic carbocycles. The molecule has 5 heteroatoms. The molecular formula is C9H8N2OS2. The van der Waals surface area contributed by atoms with Crippen LogP contribution in [-0.2, 0) is 4.79 Å². The number of amides is 1. The van der Waals surface area contributed by atoms with Gasteiger partial charge in [0.05, 0.1) is 10.2 Å². The third-order valence-electron chi connectivity index (χ3n) is 1.93. The van der Waals surface area contributed by atoms with Crippen LogP contribution >= 0.6 is 24.0 Å². The molecule has 72 valence electrons. The van der Waals surface area contributed by atoms with Crippen LogP contribution in [0.5, 0.6) is 0 Å². The first-order valence-corrected chi connectivity index (χ1v) is 5.25. The molecular weight excluding hydrogens is 216 g/mol. The molecule has 0 aliphatic rings. The normalized spacial score (nSPS) is 10.4. The molecule has 0 saturated heterocycles. The van der Waals surface area contributed by atoms with E-state index in [2.05, 4.69) is 17.6 Å². The number of rotatable bonds is 2. The maximum Gasteiger partial charge on any atom is 0.213 e. The van der Waals surface area contributed by atoms with E-state index >= 15 is 0 Å². The minimum absolute atomic E-state index is 0.742. The first-order chi connectivity index (χ1) is 6.70. The highest BCUT2D eigenvalue weighted by atomic mass is 32.2. The highest BCUT2D eigenvalue weighted by Crippen LogP contribution is 2.27. The van der Waals surface area contributed by atoms with E-state index < -0.39 is 0 Å². The van der Waals surface area contributed by atoms with Crippen molar-refractivity contribution < 1.29 is 4.79 Å². The minimum Gasteiger partial charge on any atom is -0.318 e. The number of anilines is 1. The predicted octanol–water partition coefficient (Wildman–Crippen LogP) is 2.18. The zero-order valence-electron chi connectivity index (χ0n) is 7.47. The van der Waals surface area contributed by atoms with Crippen LogP contribution < -0.4 is 4.90 Å². The van der Waals surface area contributed by atoms with Gasteiger partial charge in [-0.25, -0.2) is 4.98 Å². The van der Waals surface area contributed by atoms with Crippen LogP contribution in [0.3, 0.4) is 0 Å². The van der Waals surface area contributed by atoms with Gasteiger partial charge in [-0.05, 0) is 18.2 Å². The smallest absolute Gasteiger partial charge is 0.213 e. The minimum atomic E-state index is 0.742. The van der Waals surface area contributed by atoms with Crippen molar-refractivity contribution in [2.45, 2.75) is 4.34 Å². The Kier molecular flexibility index (Phi) is 2.43. The zero-order valence-corrected chi connectivity index (χ0v) is 9.18. The molecule has 0 N–H and O–H groups in total. The maximum atomic E-state index is 10.5. The third-order valence-corrected chi connectivity index (χ3v) is 3.12. The SMILES string of the molecule is CN(C=O)c1ccc2nc(S)sc2c1. The summed E-state index contributed by atoms with van der Waals surface area (Å²) in [5.74, 6) is 0. The molecule has 1 heterocycles. The average Bonchev–Trinajstić information content (AvgIpc) is 2.55. The number of aromatic nitrogens is 1. The quantitative estimate of drug-likeness (QED) is 0.626. The largest absolute Gasteiger partial charge is 0.318 e. The van der Waals surface area contributed by atoms with E-state index in [-0.39, 0.29) is 0 Å². The lowest BCUT2D eigenvalue weighted by molar-refractivity contribution is -0.107. The zero-order chi connectivity index (χ0) is 10.1. The monoisotopic (exact) mass is 224 g/mol. The lowest BCUT2D eigenvalue weighted by Gasteiger charge is -2.09. The van der Waals surface area contributed by atoms with E-state index in [0.29, 0.717) is 0 Å². The number of nitrogens with zero attached hydrogens (tertiary/aromatic N) is 2. The number of hydrogen-bond donors (Lipinski definition) is 1. The molecule has 0 atom stereocenters. The molecule has 0 saturated carbocycles. The summed E-state index contributed by atoms with van der Waals surface area (Å²) in [7, 11) is 1.72. The molecule has 2 rings (SSSR count). The molecule has 1 aromatic carbocycles. The van der Waals surface area contributed by atoms with Crippen molar-refractivity contribution in [3.63, 3.8) is 0 Å². The standard InChI is InChI=1S/C9H8N2OS2/c1-11(5-12)6-2-3-7-8(4-6)14-9(13)10-7/h2-5H,1H3,(H,10,13). The Morgan fingerprint density at radius 2 is 2.36 bits per heavy atom. The van der Waals surface area contributed by atoms with Gasteiger partial charge in [0.1, 0.15) is 4.34 Å². The summed E-state index contributed by atoms with van der Waals surface area (Å²) in [5, 5.41) is 0. The van der Waals surface area contributed by atoms with Gasteiger partial charge in [0.15, 0.2) is 0 Å². The fourth-order valence-electron chi connectivity index (χ4n) is 1.18. The van der Waals surface area contributed by atoms with Gasteiger partial charge in [0, 0.05) is 12.7 Å². The van der Waals surface area contributed by atoms with Crippen molar-refractivity contribution in [3.05, 3.63) is 18.2 Å². The fraction of sp³-hybridized carbons (Fsp3) is 0.111. The molecule has 0 aliphatic heterocycles. The highest BCUT2D eigenvalue weighted by molar-refractivity contribution is 7.82. The maximum absolute atomic E-state index is 10.5. The van der Waals surface area contributed by atoms with Gasteiger partial charge in [-0.3, -0.25) is 4.79 Å². The van der Waals surface area contributed by atoms with E-state index in [1.165, 1.54) is 16.2 Å². The van der Waals surface area contributed by atoms with Gasteiger partial charge in [-0.1, -0.05) is 0 Å². The van der Waals surface area contributed by atoms with Crippen LogP contribution in [0, 0.1) is 0 Å². The van der Waals surface area contributed by atoms with E-state index in [1.54, 1.807) is 7.05 Å². The van der Waals surface area contributed by atoms with Crippen LogP contribution in [0.25, 0.3) is 10.2 Å². The number of hydrogen-bond acceptors (Lipinski definition) is 4. The van der Waals surface area contributed by atoms with Crippen LogP contribution in [0.15, 0.2) is 22.5 Å². The summed E-state index contributed by atoms with van der Waals surface area (Å²) in [6, 6.07) is 5.69. The second-order valence-electron chi connectivity index (χ2n) is 2.86. The van der Waals surface area contributed by atoms with Gasteiger partial charge in [-0.2, -0.15) is 0 Å². The van der Waals surface area contributed by atoms with Crippen molar-refractivity contribution in [2.24, 2.45) is 0 Å². The van der Waals surface area contributed by atoms with Crippen molar-refractivity contribution in [3.8, 4) is 0 Å². The van der Waals surface area contributed by atoms with Gasteiger partial charge in [-0.15, -0.1) is 24.0 Å². The molecule has 1 aromatic heterocycles. The predicted molar refractivity (Wildman–Crippen MR) is 61.3 cm³/mol. The number of carbonyl (C=O) groups is 1. The van der Waals surface area contributed by atoms with Crippen LogP contribution in [0.1, 0.15) is 0 Å². The molecule has 3 nitrogen and oxygen atoms in total. The van der Waals surface area contributed by atoms with Crippen LogP contribution in [0.4, 0.5) is 5.69 Å². The van der Waals surface area contributed by atoms with Crippen molar-refractivity contribution >= 4 is 46.3 Å². The van der Waals surface area contributed by atoms with Crippen molar-refractivity contribution in [1.82, 2.24) is 4.98 Å². The Bertz CT molecular complexity index is 481. The highest BCUT2D eigenvalue weighted by Gasteiger charge is 2.04. The molecule has 2 aromatic rings. The Labute approximate surface area is 90.8 Å². The summed E-state index contributed by atoms with van der Waals surface area (Å²) in [6.45, 7) is 0. The molecule has 0 fully saturated rings. The summed E-state index contributed by atoms with van der Waals surface area (Å²) < 4.78 is 1.78. The number of fused-ring (bicyclic) bond motifs is 1. The van der Waals surface area contributed by atoms with Gasteiger partial charge < -0.3 is 4.90 Å². The molecule has 0 radical (unpaired) electrons. The summed E-state index contributed by atoms with van der Waals surface area (Å²) in [6.07, 6.45) is 0.782. The van der Waals surface area contributed by atoms with E-state index in [9.17, 15) is 4.79 Å². The first-order valence-electron chi connectivity index (χ1n) is 3.98. The molecule has 0 unspecified atom stereocenters. The average molecular weight is 224 g/mol. The van der Waals surface area contributed by atoms with Gasteiger partial charge >= 0.3 is 0 Å². The molecule has 1 amide bonds. The second kappa shape index (κ2) is 3.59. The summed E-state index contributed by atoms with van der Waals surface area (Å²) >= 11 is 5.68. The Hall–Kier alpha value is -1.07. The number of benzene rings is 1. The Balaban J connectivity index is 2.55. The Morgan fingerprint density at radius 3 is 3.07 bits per heavy atom. The van der Waals surface area contributed by atoms with E-state index in [4.69, 9.17) is 0 Å². The van der Waals surface area contributed by atoms with Gasteiger partial charge in [0.25, 0.3) is 0 Å². The lowest BCUT2D eigenvalue weighted by Crippen LogP contribution is -2.13. The number of thiazole rings is 1. The van der Waals surface area contributed by atoms with Crippen LogP contribution in [-0.4, -0.2) is 18.4 Å². The first kappa shape index (κ1) is 9.48. The molecule has 0 spiro atoms. The van der Waals surface area contributed by atoms with E-state index in [0.717, 1.165) is 26.7 Å². The number of thiol groups is 1. The number of carbonyl (C=O) groups excluding carboxylic acids is 1. The second-order valence-corrected chi connectivity index (χ2v) is 4.62. The van der Waals surface area contributed by atoms with Gasteiger partial charge in [0.2, 0.25) is 6.41 Å². The fourth-order valence-corrected chi connectivity index (χ4v) is 2.32. The topological polar surface area (TPSA) is 33.2 Å². The van der Waals surface area contributed by atoms with E-state index in [1.807, 2.05) is 18.2 Å². The lowest BCUT2D eigenvalue weighted by atomic mass is 10.3. The van der Waals surface area contributed by atoms with Crippen molar-refractivity contribution in [2.75, 3.05) is 11.9 Å². The van der Waals surface area contributed by atoms with Crippen LogP contribution in [0.2, 0.25) is 0 Å².